The van der Waals surface area contributed by atoms with Crippen molar-refractivity contribution in [2.45, 2.75) is 19.3 Å². The molecule has 1 aliphatic carbocycles. The van der Waals surface area contributed by atoms with Crippen molar-refractivity contribution < 1.29 is 0 Å². The predicted octanol–water partition coefficient (Wildman–Crippen LogP) is 12.9. The molecule has 10 rings (SSSR count). The lowest BCUT2D eigenvalue weighted by molar-refractivity contribution is 0.666. The van der Waals surface area contributed by atoms with E-state index in [4.69, 9.17) is 9.97 Å². The average molecular weight is 651 g/mol. The summed E-state index contributed by atoms with van der Waals surface area (Å²) in [7, 11) is 0. The molecule has 0 fully saturated rings. The molecule has 0 bridgehead atoms. The molecule has 51 heavy (non-hydrogen) atoms. The zero-order valence-electron chi connectivity index (χ0n) is 28.6. The van der Waals surface area contributed by atoms with Gasteiger partial charge in [-0.3, -0.25) is 0 Å². The summed E-state index contributed by atoms with van der Waals surface area (Å²) in [6, 6.07) is 61.2. The summed E-state index contributed by atoms with van der Waals surface area (Å²) in [5.74, 6) is 0.719. The van der Waals surface area contributed by atoms with Crippen molar-refractivity contribution in [1.29, 1.82) is 0 Å². The minimum absolute atomic E-state index is 0.0811. The van der Waals surface area contributed by atoms with Crippen LogP contribution in [-0.2, 0) is 5.41 Å². The highest BCUT2D eigenvalue weighted by atomic mass is 14.9. The van der Waals surface area contributed by atoms with E-state index in [0.29, 0.717) is 0 Å². The molecule has 8 aromatic carbocycles. The molecule has 0 atom stereocenters. The SMILES string of the molecule is CC1(C)c2ccc(-c3ccc(-c4cc(-c5ccc6ccccc6c5)nc(-c5ccccc5)n4)c4ccccc34)cc2-c2ccc3ccccc3c21. The molecule has 0 saturated heterocycles. The third-order valence-electron chi connectivity index (χ3n) is 10.9. The Labute approximate surface area is 297 Å². The first kappa shape index (κ1) is 29.5. The van der Waals surface area contributed by atoms with Crippen LogP contribution >= 0.6 is 0 Å². The van der Waals surface area contributed by atoms with E-state index in [0.717, 1.165) is 33.9 Å². The summed E-state index contributed by atoms with van der Waals surface area (Å²) in [6.07, 6.45) is 0. The van der Waals surface area contributed by atoms with E-state index in [1.54, 1.807) is 0 Å². The molecule has 0 amide bonds. The number of nitrogens with zero attached hydrogens (tertiary/aromatic N) is 2. The largest absolute Gasteiger partial charge is 0.228 e. The number of fused-ring (bicyclic) bond motifs is 7. The maximum Gasteiger partial charge on any atom is 0.160 e. The van der Waals surface area contributed by atoms with Crippen LogP contribution < -0.4 is 0 Å². The van der Waals surface area contributed by atoms with Gasteiger partial charge in [0.25, 0.3) is 0 Å². The Kier molecular flexibility index (Phi) is 6.56. The highest BCUT2D eigenvalue weighted by molar-refractivity contribution is 6.06. The number of rotatable bonds is 4. The molecule has 0 aliphatic heterocycles. The first-order valence-electron chi connectivity index (χ1n) is 17.7. The van der Waals surface area contributed by atoms with Crippen molar-refractivity contribution in [1.82, 2.24) is 9.97 Å². The highest BCUT2D eigenvalue weighted by Crippen LogP contribution is 2.52. The van der Waals surface area contributed by atoms with E-state index in [1.165, 1.54) is 65.7 Å². The van der Waals surface area contributed by atoms with Crippen LogP contribution in [0.1, 0.15) is 25.0 Å². The van der Waals surface area contributed by atoms with Crippen LogP contribution in [0.3, 0.4) is 0 Å². The minimum Gasteiger partial charge on any atom is -0.228 e. The van der Waals surface area contributed by atoms with Gasteiger partial charge in [0.2, 0.25) is 0 Å². The molecular formula is C49H34N2. The molecule has 0 saturated carbocycles. The topological polar surface area (TPSA) is 25.8 Å². The normalized spacial score (nSPS) is 13.1. The van der Waals surface area contributed by atoms with Crippen LogP contribution in [0.2, 0.25) is 0 Å². The second-order valence-electron chi connectivity index (χ2n) is 14.2. The molecule has 0 unspecified atom stereocenters. The van der Waals surface area contributed by atoms with Gasteiger partial charge in [-0.2, -0.15) is 0 Å². The first-order valence-corrected chi connectivity index (χ1v) is 17.7. The van der Waals surface area contributed by atoms with E-state index >= 15 is 0 Å². The van der Waals surface area contributed by atoms with Crippen LogP contribution in [0, 0.1) is 0 Å². The van der Waals surface area contributed by atoms with Gasteiger partial charge in [-0.05, 0) is 83.9 Å². The van der Waals surface area contributed by atoms with Crippen molar-refractivity contribution in [3.8, 4) is 56.2 Å². The van der Waals surface area contributed by atoms with Gasteiger partial charge in [-0.15, -0.1) is 0 Å². The number of hydrogen-bond donors (Lipinski definition) is 0. The van der Waals surface area contributed by atoms with Crippen molar-refractivity contribution in [3.05, 3.63) is 181 Å². The van der Waals surface area contributed by atoms with E-state index < -0.39 is 0 Å². The minimum atomic E-state index is -0.0811. The van der Waals surface area contributed by atoms with Gasteiger partial charge in [0.05, 0.1) is 11.4 Å². The Bertz CT molecular complexity index is 2830. The molecule has 0 radical (unpaired) electrons. The fourth-order valence-corrected chi connectivity index (χ4v) is 8.36. The Morgan fingerprint density at radius 2 is 0.980 bits per heavy atom. The van der Waals surface area contributed by atoms with Crippen LogP contribution in [0.15, 0.2) is 170 Å². The Balaban J connectivity index is 1.14. The quantitative estimate of drug-likeness (QED) is 0.189. The standard InChI is InChI=1S/C49H34N2/c1-49(2)44-27-23-35(29-43(44)42-24-22-32-13-8-9-17-38(32)47(42)49)37-25-26-41(40-19-11-10-18-39(37)40)46-30-45(50-48(51-46)33-14-4-3-5-15-33)36-21-20-31-12-6-7-16-34(31)28-36/h3-30H,1-2H3. The monoisotopic (exact) mass is 650 g/mol. The van der Waals surface area contributed by atoms with E-state index in [9.17, 15) is 0 Å². The molecule has 2 nitrogen and oxygen atoms in total. The predicted molar refractivity (Wildman–Crippen MR) is 214 cm³/mol. The zero-order valence-corrected chi connectivity index (χ0v) is 28.6. The lowest BCUT2D eigenvalue weighted by atomic mass is 9.80. The molecule has 0 spiro atoms. The van der Waals surface area contributed by atoms with Gasteiger partial charge >= 0.3 is 0 Å². The third-order valence-corrected chi connectivity index (χ3v) is 10.9. The molecule has 1 heterocycles. The van der Waals surface area contributed by atoms with E-state index in [2.05, 4.69) is 166 Å². The lowest BCUT2D eigenvalue weighted by Crippen LogP contribution is -2.15. The highest BCUT2D eigenvalue weighted by Gasteiger charge is 2.37. The second kappa shape index (κ2) is 11.3. The summed E-state index contributed by atoms with van der Waals surface area (Å²) in [4.78, 5) is 10.3. The van der Waals surface area contributed by atoms with E-state index in [-0.39, 0.29) is 5.41 Å². The molecule has 2 heteroatoms. The van der Waals surface area contributed by atoms with Gasteiger partial charge < -0.3 is 0 Å². The molecule has 1 aliphatic rings. The lowest BCUT2D eigenvalue weighted by Gasteiger charge is -2.23. The maximum absolute atomic E-state index is 5.22. The van der Waals surface area contributed by atoms with E-state index in [1.807, 2.05) is 18.2 Å². The van der Waals surface area contributed by atoms with Gasteiger partial charge in [-0.1, -0.05) is 166 Å². The van der Waals surface area contributed by atoms with Crippen molar-refractivity contribution in [3.63, 3.8) is 0 Å². The smallest absolute Gasteiger partial charge is 0.160 e. The molecule has 0 N–H and O–H groups in total. The van der Waals surface area contributed by atoms with Gasteiger partial charge in [0.1, 0.15) is 0 Å². The summed E-state index contributed by atoms with van der Waals surface area (Å²) < 4.78 is 0. The van der Waals surface area contributed by atoms with Gasteiger partial charge in [0.15, 0.2) is 5.82 Å². The van der Waals surface area contributed by atoms with Crippen LogP contribution in [0.25, 0.3) is 88.5 Å². The van der Waals surface area contributed by atoms with Crippen LogP contribution in [0.4, 0.5) is 0 Å². The summed E-state index contributed by atoms with van der Waals surface area (Å²) in [5.41, 5.74) is 12.8. The first-order chi connectivity index (χ1) is 25.0. The van der Waals surface area contributed by atoms with Crippen LogP contribution in [0.5, 0.6) is 0 Å². The second-order valence-corrected chi connectivity index (χ2v) is 14.2. The summed E-state index contributed by atoms with van der Waals surface area (Å²) >= 11 is 0. The fraction of sp³-hybridized carbons (Fsp3) is 0.0612. The average Bonchev–Trinajstić information content (AvgIpc) is 3.43. The molecule has 240 valence electrons. The number of aromatic nitrogens is 2. The van der Waals surface area contributed by atoms with Crippen molar-refractivity contribution in [2.24, 2.45) is 0 Å². The fourth-order valence-electron chi connectivity index (χ4n) is 8.36. The zero-order chi connectivity index (χ0) is 34.1. The van der Waals surface area contributed by atoms with Crippen LogP contribution in [-0.4, -0.2) is 9.97 Å². The summed E-state index contributed by atoms with van der Waals surface area (Å²) in [6.45, 7) is 4.73. The van der Waals surface area contributed by atoms with Crippen molar-refractivity contribution in [2.75, 3.05) is 0 Å². The Hall–Kier alpha value is -6.38. The molecular weight excluding hydrogens is 617 g/mol. The Morgan fingerprint density at radius 1 is 0.373 bits per heavy atom. The van der Waals surface area contributed by atoms with Crippen molar-refractivity contribution >= 4 is 32.3 Å². The van der Waals surface area contributed by atoms with Gasteiger partial charge in [-0.25, -0.2) is 9.97 Å². The molecule has 1 aromatic heterocycles. The Morgan fingerprint density at radius 3 is 1.80 bits per heavy atom. The third kappa shape index (κ3) is 4.71. The number of hydrogen-bond acceptors (Lipinski definition) is 2. The van der Waals surface area contributed by atoms with Gasteiger partial charge in [0, 0.05) is 22.1 Å². The summed E-state index contributed by atoms with van der Waals surface area (Å²) in [5, 5.41) is 7.42. The maximum atomic E-state index is 5.22. The molecule has 9 aromatic rings. The number of benzene rings is 8.